The lowest BCUT2D eigenvalue weighted by Gasteiger charge is -2.38. The highest BCUT2D eigenvalue weighted by Crippen LogP contribution is 2.46. The minimum Gasteiger partial charge on any atom is -0.496 e. The van der Waals surface area contributed by atoms with Crippen LogP contribution in [0, 0.1) is 0 Å². The average Bonchev–Trinajstić information content (AvgIpc) is 2.54. The van der Waals surface area contributed by atoms with Gasteiger partial charge in [-0.15, -0.1) is 0 Å². The van der Waals surface area contributed by atoms with Crippen molar-refractivity contribution < 1.29 is 19.1 Å². The molecule has 23 heavy (non-hydrogen) atoms. The van der Waals surface area contributed by atoms with Crippen LogP contribution >= 0.6 is 11.6 Å². The van der Waals surface area contributed by atoms with Crippen LogP contribution in [0.2, 0.25) is 5.02 Å². The Balaban J connectivity index is 2.50. The Hall–Kier alpha value is -1.55. The first-order valence-corrected chi connectivity index (χ1v) is 8.31. The van der Waals surface area contributed by atoms with Gasteiger partial charge in [-0.1, -0.05) is 18.5 Å². The van der Waals surface area contributed by atoms with E-state index in [4.69, 9.17) is 21.1 Å². The maximum Gasteiger partial charge on any atom is 0.302 e. The molecular formula is C18H23ClO4. The van der Waals surface area contributed by atoms with Crippen LogP contribution in [0.4, 0.5) is 0 Å². The van der Waals surface area contributed by atoms with E-state index in [0.29, 0.717) is 36.5 Å². The van der Waals surface area contributed by atoms with Crippen molar-refractivity contribution >= 4 is 23.4 Å². The van der Waals surface area contributed by atoms with E-state index in [1.54, 1.807) is 7.11 Å². The summed E-state index contributed by atoms with van der Waals surface area (Å²) in [7, 11) is 1.61. The van der Waals surface area contributed by atoms with Gasteiger partial charge in [0.05, 0.1) is 7.11 Å². The monoisotopic (exact) mass is 338 g/mol. The second kappa shape index (κ2) is 7.35. The average molecular weight is 339 g/mol. The first-order chi connectivity index (χ1) is 10.9. The topological polar surface area (TPSA) is 52.6 Å². The zero-order chi connectivity index (χ0) is 17.0. The lowest BCUT2D eigenvalue weighted by Crippen LogP contribution is -2.38. The highest BCUT2D eigenvalue weighted by atomic mass is 35.5. The minimum absolute atomic E-state index is 0.219. The van der Waals surface area contributed by atoms with Crippen LogP contribution in [0.25, 0.3) is 0 Å². The Kier molecular flexibility index (Phi) is 5.69. The van der Waals surface area contributed by atoms with Crippen LogP contribution in [0.15, 0.2) is 12.1 Å². The summed E-state index contributed by atoms with van der Waals surface area (Å²) in [4.78, 5) is 23.0. The standard InChI is InChI=1S/C18H23ClO4/c1-4-13-9-15(19)17(16(10-13)22-3)18(11-23-12(2)20)7-5-14(21)6-8-18/h9-10H,4-8,11H2,1-3H3. The molecule has 0 saturated heterocycles. The zero-order valence-electron chi connectivity index (χ0n) is 13.9. The Bertz CT molecular complexity index is 599. The molecule has 0 bridgehead atoms. The zero-order valence-corrected chi connectivity index (χ0v) is 14.7. The fourth-order valence-corrected chi connectivity index (χ4v) is 3.66. The summed E-state index contributed by atoms with van der Waals surface area (Å²) < 4.78 is 10.9. The van der Waals surface area contributed by atoms with E-state index in [2.05, 4.69) is 6.92 Å². The molecule has 0 N–H and O–H groups in total. The van der Waals surface area contributed by atoms with E-state index in [1.807, 2.05) is 12.1 Å². The molecule has 126 valence electrons. The third kappa shape index (κ3) is 3.86. The van der Waals surface area contributed by atoms with Crippen molar-refractivity contribution in [1.29, 1.82) is 0 Å². The number of Topliss-reactive ketones (excluding diaryl/α,β-unsaturated/α-hetero) is 1. The van der Waals surface area contributed by atoms with Crippen molar-refractivity contribution in [2.75, 3.05) is 13.7 Å². The fraction of sp³-hybridized carbons (Fsp3) is 0.556. The Morgan fingerprint density at radius 2 is 1.96 bits per heavy atom. The van der Waals surface area contributed by atoms with E-state index < -0.39 is 5.41 Å². The van der Waals surface area contributed by atoms with Crippen molar-refractivity contribution in [2.24, 2.45) is 0 Å². The quantitative estimate of drug-likeness (QED) is 0.765. The molecule has 1 aliphatic rings. The SMILES string of the molecule is CCc1cc(Cl)c(C2(COC(C)=O)CCC(=O)CC2)c(OC)c1. The highest BCUT2D eigenvalue weighted by molar-refractivity contribution is 6.31. The number of hydrogen-bond acceptors (Lipinski definition) is 4. The van der Waals surface area contributed by atoms with Gasteiger partial charge in [-0.05, 0) is 37.0 Å². The molecule has 1 aromatic rings. The van der Waals surface area contributed by atoms with E-state index in [1.165, 1.54) is 6.92 Å². The third-order valence-corrected chi connectivity index (χ3v) is 4.89. The minimum atomic E-state index is -0.464. The summed E-state index contributed by atoms with van der Waals surface area (Å²) in [5, 5.41) is 0.614. The first kappa shape index (κ1) is 17.8. The molecule has 0 aliphatic heterocycles. The molecule has 0 amide bonds. The van der Waals surface area contributed by atoms with Crippen molar-refractivity contribution in [3.63, 3.8) is 0 Å². The van der Waals surface area contributed by atoms with Crippen molar-refractivity contribution in [1.82, 2.24) is 0 Å². The molecule has 2 rings (SSSR count). The molecule has 1 saturated carbocycles. The van der Waals surface area contributed by atoms with Gasteiger partial charge < -0.3 is 9.47 Å². The Labute approximate surface area is 142 Å². The number of methoxy groups -OCH3 is 1. The van der Waals surface area contributed by atoms with Gasteiger partial charge in [0.15, 0.2) is 0 Å². The summed E-state index contributed by atoms with van der Waals surface area (Å²) in [5.41, 5.74) is 1.48. The summed E-state index contributed by atoms with van der Waals surface area (Å²) in [6.07, 6.45) is 3.01. The molecule has 1 aliphatic carbocycles. The van der Waals surface area contributed by atoms with Crippen molar-refractivity contribution in [3.8, 4) is 5.75 Å². The molecule has 0 aromatic heterocycles. The number of esters is 1. The molecule has 1 aromatic carbocycles. The van der Waals surface area contributed by atoms with Crippen LogP contribution in [0.5, 0.6) is 5.75 Å². The van der Waals surface area contributed by atoms with E-state index in [9.17, 15) is 9.59 Å². The second-order valence-corrected chi connectivity index (χ2v) is 6.51. The van der Waals surface area contributed by atoms with E-state index in [-0.39, 0.29) is 18.4 Å². The maximum atomic E-state index is 11.7. The summed E-state index contributed by atoms with van der Waals surface area (Å²) in [5.74, 6) is 0.612. The van der Waals surface area contributed by atoms with Gasteiger partial charge >= 0.3 is 5.97 Å². The molecule has 0 radical (unpaired) electrons. The number of halogens is 1. The number of benzene rings is 1. The lowest BCUT2D eigenvalue weighted by atomic mass is 9.69. The number of carbonyl (C=O) groups is 2. The van der Waals surface area contributed by atoms with Crippen molar-refractivity contribution in [3.05, 3.63) is 28.3 Å². The van der Waals surface area contributed by atoms with Crippen LogP contribution in [-0.2, 0) is 26.2 Å². The second-order valence-electron chi connectivity index (χ2n) is 6.11. The molecule has 1 fully saturated rings. The summed E-state index contributed by atoms with van der Waals surface area (Å²) >= 11 is 6.56. The predicted octanol–water partition coefficient (Wildman–Crippen LogP) is 3.86. The molecule has 0 atom stereocenters. The third-order valence-electron chi connectivity index (χ3n) is 4.59. The largest absolute Gasteiger partial charge is 0.496 e. The van der Waals surface area contributed by atoms with Crippen LogP contribution in [0.3, 0.4) is 0 Å². The van der Waals surface area contributed by atoms with Crippen LogP contribution in [-0.4, -0.2) is 25.5 Å². The first-order valence-electron chi connectivity index (χ1n) is 7.94. The van der Waals surface area contributed by atoms with Gasteiger partial charge in [-0.25, -0.2) is 0 Å². The van der Waals surface area contributed by atoms with Crippen molar-refractivity contribution in [2.45, 2.75) is 51.4 Å². The number of carbonyl (C=O) groups excluding carboxylic acids is 2. The van der Waals surface area contributed by atoms with Crippen LogP contribution in [0.1, 0.15) is 50.7 Å². The number of ether oxygens (including phenoxy) is 2. The lowest BCUT2D eigenvalue weighted by molar-refractivity contribution is -0.143. The maximum absolute atomic E-state index is 11.7. The van der Waals surface area contributed by atoms with Gasteiger partial charge in [0.25, 0.3) is 0 Å². The Morgan fingerprint density at radius 3 is 2.48 bits per heavy atom. The van der Waals surface area contributed by atoms with Gasteiger partial charge in [-0.3, -0.25) is 9.59 Å². The fourth-order valence-electron chi connectivity index (χ4n) is 3.23. The summed E-state index contributed by atoms with van der Waals surface area (Å²) in [6, 6.07) is 3.92. The number of rotatable bonds is 5. The van der Waals surface area contributed by atoms with Gasteiger partial charge in [0.1, 0.15) is 18.1 Å². The molecular weight excluding hydrogens is 316 g/mol. The molecule has 0 unspecified atom stereocenters. The number of aryl methyl sites for hydroxylation is 1. The summed E-state index contributed by atoms with van der Waals surface area (Å²) in [6.45, 7) is 3.66. The van der Waals surface area contributed by atoms with Gasteiger partial charge in [0.2, 0.25) is 0 Å². The molecule has 0 spiro atoms. The van der Waals surface area contributed by atoms with Gasteiger partial charge in [-0.2, -0.15) is 0 Å². The normalized spacial score (nSPS) is 17.0. The number of ketones is 1. The highest BCUT2D eigenvalue weighted by Gasteiger charge is 2.41. The Morgan fingerprint density at radius 1 is 1.30 bits per heavy atom. The van der Waals surface area contributed by atoms with Gasteiger partial charge in [0, 0.05) is 35.8 Å². The molecule has 5 heteroatoms. The predicted molar refractivity (Wildman–Crippen MR) is 89.2 cm³/mol. The number of hydrogen-bond donors (Lipinski definition) is 0. The molecule has 4 nitrogen and oxygen atoms in total. The van der Waals surface area contributed by atoms with E-state index in [0.717, 1.165) is 17.5 Å². The van der Waals surface area contributed by atoms with E-state index >= 15 is 0 Å². The smallest absolute Gasteiger partial charge is 0.302 e. The van der Waals surface area contributed by atoms with Crippen LogP contribution < -0.4 is 4.74 Å². The molecule has 0 heterocycles.